The highest BCUT2D eigenvalue weighted by molar-refractivity contribution is 7.94. The molecule has 0 bridgehead atoms. The first-order valence-electron chi connectivity index (χ1n) is 22.2. The fourth-order valence-corrected chi connectivity index (χ4v) is 10.7. The number of hydrogen-bond acceptors (Lipinski definition) is 27. The van der Waals surface area contributed by atoms with Crippen molar-refractivity contribution in [2.24, 2.45) is 20.5 Å². The summed E-state index contributed by atoms with van der Waals surface area (Å²) in [5, 5.41) is 48.1. The number of halogens is 2. The smallest absolute Gasteiger partial charge is 0.315 e. The summed E-state index contributed by atoms with van der Waals surface area (Å²) in [7, 11) is -23.1. The Morgan fingerprint density at radius 3 is 1.87 bits per heavy atom. The summed E-state index contributed by atoms with van der Waals surface area (Å²) in [6.45, 7) is 4.69. The average molecular weight is 1250 g/mol. The van der Waals surface area contributed by atoms with Gasteiger partial charge < -0.3 is 36.2 Å². The Morgan fingerprint density at radius 1 is 0.634 bits per heavy atom. The van der Waals surface area contributed by atoms with Crippen molar-refractivity contribution >= 4 is 141 Å². The van der Waals surface area contributed by atoms with E-state index in [-0.39, 0.29) is 51.2 Å². The van der Waals surface area contributed by atoms with E-state index in [1.54, 1.807) is 6.92 Å². The van der Waals surface area contributed by atoms with Crippen LogP contribution < -0.4 is 26.0 Å². The summed E-state index contributed by atoms with van der Waals surface area (Å²) < 4.78 is 183. The Labute approximate surface area is 466 Å². The van der Waals surface area contributed by atoms with Crippen LogP contribution >= 0.6 is 11.6 Å². The Hall–Kier alpha value is -8.79. The third kappa shape index (κ3) is 13.5. The second-order valence-electron chi connectivity index (χ2n) is 16.7. The van der Waals surface area contributed by atoms with Gasteiger partial charge in [-0.15, -0.1) is 15.3 Å². The summed E-state index contributed by atoms with van der Waals surface area (Å²) in [6.07, 6.45) is -1.29. The van der Waals surface area contributed by atoms with Crippen LogP contribution in [0.4, 0.5) is 62.3 Å². The van der Waals surface area contributed by atoms with Gasteiger partial charge in [0, 0.05) is 40.5 Å². The van der Waals surface area contributed by atoms with Crippen molar-refractivity contribution in [3.05, 3.63) is 108 Å². The molecule has 6 aromatic carbocycles. The fraction of sp³-hybridized carbons (Fsp3) is 0.0909. The standard InChI is InChI=1S/C44H36ClFN14O17S5/c1-4-78(63,64)26-9-5-23(6-10-26)57-59-36-33(82(74,75)76)16-22-14-27(79(65,66)67)18-30(34(22)38(36)62)50-44-52-39(45)51-41(55-44)47-19-20(2)48-42-53-40(46)54-43(56-42)49-24-7-11-28-21(13-24)15-32(81(71,72)73)35(37(28)61)60-58-29-12-8-25(77-3)17-31(29)80(68,69)70/h4-18,20,61-62H,1,19H2,2-3H3,(H,65,66,67)(H,68,69,70)(H,71,72,73)(H,74,75,76)(H2,47,50,51,52,55)(H2,48,49,53,54,56). The van der Waals surface area contributed by atoms with Gasteiger partial charge in [0.1, 0.15) is 37.5 Å². The molecular formula is C44H36ClFN14O17S5. The van der Waals surface area contributed by atoms with Gasteiger partial charge in [-0.3, -0.25) is 18.2 Å². The van der Waals surface area contributed by atoms with E-state index in [9.17, 15) is 74.9 Å². The predicted molar refractivity (Wildman–Crippen MR) is 288 cm³/mol. The molecule has 31 nitrogen and oxygen atoms in total. The van der Waals surface area contributed by atoms with Gasteiger partial charge in [-0.1, -0.05) is 6.58 Å². The number of ether oxygens (including phenoxy) is 1. The first kappa shape index (κ1) is 59.3. The highest BCUT2D eigenvalue weighted by Crippen LogP contribution is 2.46. The maximum Gasteiger partial charge on any atom is 0.315 e. The summed E-state index contributed by atoms with van der Waals surface area (Å²) in [4.78, 5) is 19.7. The zero-order chi connectivity index (χ0) is 59.9. The number of benzene rings is 6. The van der Waals surface area contributed by atoms with Crippen molar-refractivity contribution in [1.29, 1.82) is 0 Å². The van der Waals surface area contributed by atoms with Gasteiger partial charge >= 0.3 is 6.08 Å². The lowest BCUT2D eigenvalue weighted by molar-refractivity contribution is 0.412. The lowest BCUT2D eigenvalue weighted by Gasteiger charge is -2.16. The Bertz CT molecular complexity index is 4610. The van der Waals surface area contributed by atoms with Gasteiger partial charge in [0.15, 0.2) is 21.3 Å². The van der Waals surface area contributed by atoms with Gasteiger partial charge in [-0.2, -0.15) is 73.1 Å². The molecule has 0 amide bonds. The molecule has 10 N–H and O–H groups in total. The fourth-order valence-electron chi connectivity index (χ4n) is 7.37. The molecule has 0 spiro atoms. The van der Waals surface area contributed by atoms with Gasteiger partial charge in [0.2, 0.25) is 29.1 Å². The molecule has 2 heterocycles. The molecule has 0 aliphatic carbocycles. The van der Waals surface area contributed by atoms with Crippen LogP contribution in [0.3, 0.4) is 0 Å². The largest absolute Gasteiger partial charge is 0.505 e. The summed E-state index contributed by atoms with van der Waals surface area (Å²) in [6, 6.07) is 14.2. The number of fused-ring (bicyclic) bond motifs is 2. The number of aromatic nitrogens is 6. The molecule has 8 aromatic rings. The SMILES string of the molecule is C=CS(=O)(=O)c1ccc(N=Nc2c(S(=O)(=O)O)cc3cc(S(=O)(=O)O)cc(Nc4nc(Cl)nc(NCC(C)Nc5nc(F)nc(Nc6ccc7c(O)c(N=Nc8ccc(OC)cc8S(=O)(=O)O)c(S(=O)(=O)O)cc7c6)n5)n4)c3c2O)cc1. The van der Waals surface area contributed by atoms with Crippen molar-refractivity contribution < 1.29 is 79.6 Å². The van der Waals surface area contributed by atoms with Gasteiger partial charge in [0.05, 0.1) is 28.3 Å². The summed E-state index contributed by atoms with van der Waals surface area (Å²) in [5.74, 6) is -3.30. The molecular weight excluding hydrogens is 1210 g/mol. The van der Waals surface area contributed by atoms with Crippen LogP contribution in [0.5, 0.6) is 17.2 Å². The highest BCUT2D eigenvalue weighted by atomic mass is 35.5. The number of anilines is 6. The number of phenolic OH excluding ortho intramolecular Hbond substituents is 2. The Morgan fingerprint density at radius 2 is 1.23 bits per heavy atom. The minimum atomic E-state index is -5.27. The van der Waals surface area contributed by atoms with Crippen molar-refractivity contribution in [1.82, 2.24) is 29.9 Å². The van der Waals surface area contributed by atoms with E-state index < -0.39 is 144 Å². The third-order valence-corrected chi connectivity index (χ3v) is 16.0. The number of nitrogens with zero attached hydrogens (tertiary/aromatic N) is 10. The number of azo groups is 2. The molecule has 0 radical (unpaired) electrons. The number of rotatable bonds is 20. The monoisotopic (exact) mass is 1250 g/mol. The minimum Gasteiger partial charge on any atom is -0.505 e. The quantitative estimate of drug-likeness (QED) is 0.0258. The number of aromatic hydroxyl groups is 2. The Balaban J connectivity index is 1.02. The van der Waals surface area contributed by atoms with Crippen molar-refractivity contribution in [2.75, 3.05) is 34.9 Å². The van der Waals surface area contributed by atoms with Crippen LogP contribution in [0, 0.1) is 6.08 Å². The molecule has 428 valence electrons. The molecule has 1 unspecified atom stereocenters. The average Bonchev–Trinajstić information content (AvgIpc) is 1.89. The molecule has 38 heteroatoms. The van der Waals surface area contributed by atoms with E-state index in [1.807, 2.05) is 0 Å². The van der Waals surface area contributed by atoms with Gasteiger partial charge in [-0.05, 0) is 108 Å². The normalized spacial score (nSPS) is 12.9. The van der Waals surface area contributed by atoms with Crippen molar-refractivity contribution in [2.45, 2.75) is 37.4 Å². The van der Waals surface area contributed by atoms with Crippen LogP contribution in [0.1, 0.15) is 6.92 Å². The van der Waals surface area contributed by atoms with Gasteiger partial charge in [-0.25, -0.2) is 8.42 Å². The summed E-state index contributed by atoms with van der Waals surface area (Å²) >= 11 is 6.22. The number of nitrogens with one attached hydrogen (secondary N) is 4. The molecule has 0 aliphatic rings. The molecule has 0 aliphatic heterocycles. The predicted octanol–water partition coefficient (Wildman–Crippen LogP) is 7.71. The van der Waals surface area contributed by atoms with E-state index in [2.05, 4.69) is 78.2 Å². The van der Waals surface area contributed by atoms with E-state index in [0.717, 1.165) is 42.5 Å². The lowest BCUT2D eigenvalue weighted by atomic mass is 10.1. The zero-order valence-electron chi connectivity index (χ0n) is 41.1. The molecule has 82 heavy (non-hydrogen) atoms. The number of hydrogen-bond donors (Lipinski definition) is 10. The molecule has 1 atom stereocenters. The summed E-state index contributed by atoms with van der Waals surface area (Å²) in [5.41, 5.74) is -2.59. The van der Waals surface area contributed by atoms with Crippen LogP contribution in [-0.4, -0.2) is 120 Å². The molecule has 8 rings (SSSR count). The third-order valence-electron chi connectivity index (χ3n) is 11.0. The number of phenols is 2. The minimum absolute atomic E-state index is 0.00397. The zero-order valence-corrected chi connectivity index (χ0v) is 45.9. The van der Waals surface area contributed by atoms with Crippen molar-refractivity contribution in [3.63, 3.8) is 0 Å². The van der Waals surface area contributed by atoms with Crippen molar-refractivity contribution in [3.8, 4) is 17.2 Å². The van der Waals surface area contributed by atoms with Crippen LogP contribution in [0.15, 0.2) is 142 Å². The second kappa shape index (κ2) is 22.6. The molecule has 0 saturated carbocycles. The second-order valence-corrected chi connectivity index (χ2v) is 24.5. The lowest BCUT2D eigenvalue weighted by Crippen LogP contribution is -2.27. The van der Waals surface area contributed by atoms with Crippen LogP contribution in [-0.2, 0) is 50.3 Å². The van der Waals surface area contributed by atoms with Crippen LogP contribution in [0.25, 0.3) is 21.5 Å². The Kier molecular flexibility index (Phi) is 16.4. The van der Waals surface area contributed by atoms with E-state index in [0.29, 0.717) is 11.5 Å². The number of methoxy groups -OCH3 is 1. The van der Waals surface area contributed by atoms with E-state index in [1.165, 1.54) is 43.5 Å². The van der Waals surface area contributed by atoms with Crippen LogP contribution in [0.2, 0.25) is 5.28 Å². The topological polar surface area (TPSA) is 476 Å². The number of sulfone groups is 1. The maximum absolute atomic E-state index is 14.9. The molecule has 0 fully saturated rings. The van der Waals surface area contributed by atoms with Gasteiger partial charge in [0.25, 0.3) is 40.5 Å². The van der Waals surface area contributed by atoms with E-state index in [4.69, 9.17) is 16.3 Å². The highest BCUT2D eigenvalue weighted by Gasteiger charge is 2.28. The van der Waals surface area contributed by atoms with E-state index >= 15 is 0 Å². The maximum atomic E-state index is 14.9. The molecule has 0 saturated heterocycles. The molecule has 2 aromatic heterocycles. The first-order valence-corrected chi connectivity index (χ1v) is 29.9. The first-order chi connectivity index (χ1) is 38.3.